The van der Waals surface area contributed by atoms with Crippen LogP contribution in [0.5, 0.6) is 0 Å². The van der Waals surface area contributed by atoms with Crippen molar-refractivity contribution in [1.29, 1.82) is 0 Å². The fraction of sp³-hybridized carbons (Fsp3) is 0.571. The average molecular weight is 385 g/mol. The molecule has 1 aromatic rings. The Morgan fingerprint density at radius 3 is 2.39 bits per heavy atom. The Morgan fingerprint density at radius 2 is 1.75 bits per heavy atom. The van der Waals surface area contributed by atoms with Crippen molar-refractivity contribution in [2.75, 3.05) is 36.5 Å². The first kappa shape index (κ1) is 18.9. The second kappa shape index (κ2) is 7.54. The molecule has 2 heterocycles. The Balaban J connectivity index is 1.40. The van der Waals surface area contributed by atoms with E-state index >= 15 is 0 Å². The van der Waals surface area contributed by atoms with Crippen LogP contribution >= 0.6 is 0 Å². The normalized spacial score (nSPS) is 22.8. The highest BCUT2D eigenvalue weighted by atomic mass is 16.5. The van der Waals surface area contributed by atoms with Crippen molar-refractivity contribution in [2.45, 2.75) is 45.1 Å². The van der Waals surface area contributed by atoms with Gasteiger partial charge >= 0.3 is 0 Å². The summed E-state index contributed by atoms with van der Waals surface area (Å²) in [6.45, 7) is 4.76. The summed E-state index contributed by atoms with van der Waals surface area (Å²) in [7, 11) is 0. The summed E-state index contributed by atoms with van der Waals surface area (Å²) in [5.41, 5.74) is 1.19. The third-order valence-electron chi connectivity index (χ3n) is 6.27. The number of anilines is 2. The maximum Gasteiger partial charge on any atom is 0.247 e. The third-order valence-corrected chi connectivity index (χ3v) is 6.27. The van der Waals surface area contributed by atoms with E-state index in [-0.39, 0.29) is 24.1 Å². The van der Waals surface area contributed by atoms with Gasteiger partial charge in [-0.15, -0.1) is 0 Å². The number of carbonyl (C=O) groups excluding carboxylic acids is 3. The van der Waals surface area contributed by atoms with Crippen LogP contribution in [0.25, 0.3) is 0 Å². The topological polar surface area (TPSA) is 79.0 Å². The zero-order chi connectivity index (χ0) is 19.7. The number of morpholine rings is 1. The van der Waals surface area contributed by atoms with Crippen molar-refractivity contribution >= 4 is 29.1 Å². The molecule has 3 fully saturated rings. The maximum absolute atomic E-state index is 12.9. The summed E-state index contributed by atoms with van der Waals surface area (Å²) < 4.78 is 5.37. The van der Waals surface area contributed by atoms with Crippen molar-refractivity contribution in [3.05, 3.63) is 24.3 Å². The molecule has 7 heteroatoms. The van der Waals surface area contributed by atoms with E-state index in [9.17, 15) is 14.4 Å². The molecule has 28 heavy (non-hydrogen) atoms. The van der Waals surface area contributed by atoms with E-state index < -0.39 is 11.5 Å². The second-order valence-corrected chi connectivity index (χ2v) is 8.04. The summed E-state index contributed by atoms with van der Waals surface area (Å²) in [6.07, 6.45) is 3.71. The molecule has 3 aliphatic rings. The van der Waals surface area contributed by atoms with Crippen LogP contribution in [0.2, 0.25) is 0 Å². The van der Waals surface area contributed by atoms with E-state index in [1.54, 1.807) is 6.92 Å². The number of benzene rings is 1. The lowest BCUT2D eigenvalue weighted by molar-refractivity contribution is -0.147. The first-order valence-electron chi connectivity index (χ1n) is 10.1. The van der Waals surface area contributed by atoms with E-state index in [0.717, 1.165) is 57.7 Å². The Labute approximate surface area is 165 Å². The fourth-order valence-electron chi connectivity index (χ4n) is 4.59. The van der Waals surface area contributed by atoms with Crippen LogP contribution in [-0.4, -0.2) is 55.0 Å². The highest BCUT2D eigenvalue weighted by molar-refractivity contribution is 6.10. The van der Waals surface area contributed by atoms with Crippen molar-refractivity contribution in [1.82, 2.24) is 4.90 Å². The highest BCUT2D eigenvalue weighted by Crippen LogP contribution is 2.47. The van der Waals surface area contributed by atoms with Gasteiger partial charge in [-0.05, 0) is 44.0 Å². The monoisotopic (exact) mass is 385 g/mol. The number of imide groups is 1. The van der Waals surface area contributed by atoms with Gasteiger partial charge in [-0.1, -0.05) is 12.8 Å². The summed E-state index contributed by atoms with van der Waals surface area (Å²) in [6, 6.07) is 6.82. The quantitative estimate of drug-likeness (QED) is 0.804. The van der Waals surface area contributed by atoms with E-state index in [1.807, 2.05) is 24.3 Å². The minimum atomic E-state index is -0.807. The Morgan fingerprint density at radius 1 is 1.11 bits per heavy atom. The van der Waals surface area contributed by atoms with Gasteiger partial charge in [-0.2, -0.15) is 0 Å². The lowest BCUT2D eigenvalue weighted by Crippen LogP contribution is -2.46. The fourth-order valence-corrected chi connectivity index (χ4v) is 4.59. The van der Waals surface area contributed by atoms with Crippen LogP contribution in [0.3, 0.4) is 0 Å². The predicted octanol–water partition coefficient (Wildman–Crippen LogP) is 2.17. The number of nitrogens with zero attached hydrogens (tertiary/aromatic N) is 2. The average Bonchev–Trinajstić information content (AvgIpc) is 3.27. The third kappa shape index (κ3) is 3.39. The molecule has 1 saturated carbocycles. The van der Waals surface area contributed by atoms with Gasteiger partial charge in [0.1, 0.15) is 6.04 Å². The van der Waals surface area contributed by atoms with Crippen LogP contribution in [0.4, 0.5) is 11.4 Å². The van der Waals surface area contributed by atoms with Crippen molar-refractivity contribution in [3.63, 3.8) is 0 Å². The molecule has 4 rings (SSSR count). The lowest BCUT2D eigenvalue weighted by atomic mass is 9.84. The molecular weight excluding hydrogens is 358 g/mol. The van der Waals surface area contributed by atoms with Gasteiger partial charge in [0.2, 0.25) is 17.7 Å². The van der Waals surface area contributed by atoms with E-state index in [0.29, 0.717) is 5.69 Å². The minimum Gasteiger partial charge on any atom is -0.378 e. The molecule has 3 amide bonds. The standard InChI is InChI=1S/C21H27N3O4/c1-15(24-18(25)14-21(20(24)27)8-2-3-9-21)19(26)22-16-4-6-17(7-5-16)23-10-12-28-13-11-23/h4-7,15H,2-3,8-14H2,1H3,(H,22,26). The number of ether oxygens (including phenoxy) is 1. The van der Waals surface area contributed by atoms with E-state index in [2.05, 4.69) is 10.2 Å². The molecular formula is C21H27N3O4. The highest BCUT2D eigenvalue weighted by Gasteiger charge is 2.54. The first-order valence-corrected chi connectivity index (χ1v) is 10.1. The van der Waals surface area contributed by atoms with Gasteiger partial charge in [0.05, 0.1) is 18.6 Å². The zero-order valence-electron chi connectivity index (χ0n) is 16.3. The smallest absolute Gasteiger partial charge is 0.247 e. The second-order valence-electron chi connectivity index (χ2n) is 8.04. The Hall–Kier alpha value is -2.41. The molecule has 2 saturated heterocycles. The molecule has 7 nitrogen and oxygen atoms in total. The van der Waals surface area contributed by atoms with Crippen LogP contribution in [0, 0.1) is 5.41 Å². The molecule has 2 aliphatic heterocycles. The largest absolute Gasteiger partial charge is 0.378 e. The summed E-state index contributed by atoms with van der Waals surface area (Å²) >= 11 is 0. The SMILES string of the molecule is CC(C(=O)Nc1ccc(N2CCOCC2)cc1)N1C(=O)CC2(CCCC2)C1=O. The number of hydrogen-bond donors (Lipinski definition) is 1. The van der Waals surface area contributed by atoms with Gasteiger partial charge in [0.15, 0.2) is 0 Å². The molecule has 0 radical (unpaired) electrons. The summed E-state index contributed by atoms with van der Waals surface area (Å²) in [5.74, 6) is -0.728. The number of amides is 3. The van der Waals surface area contributed by atoms with Crippen LogP contribution in [0.1, 0.15) is 39.0 Å². The van der Waals surface area contributed by atoms with E-state index in [4.69, 9.17) is 4.74 Å². The van der Waals surface area contributed by atoms with Crippen LogP contribution < -0.4 is 10.2 Å². The van der Waals surface area contributed by atoms with Gasteiger partial charge in [0.25, 0.3) is 0 Å². The maximum atomic E-state index is 12.9. The molecule has 1 unspecified atom stereocenters. The molecule has 0 bridgehead atoms. The molecule has 0 aromatic heterocycles. The number of carbonyl (C=O) groups is 3. The zero-order valence-corrected chi connectivity index (χ0v) is 16.3. The summed E-state index contributed by atoms with van der Waals surface area (Å²) in [5, 5.41) is 2.84. The number of likely N-dealkylation sites (tertiary alicyclic amines) is 1. The molecule has 1 aliphatic carbocycles. The first-order chi connectivity index (χ1) is 13.5. The van der Waals surface area contributed by atoms with Crippen LogP contribution in [0.15, 0.2) is 24.3 Å². The van der Waals surface area contributed by atoms with Gasteiger partial charge in [-0.25, -0.2) is 0 Å². The van der Waals surface area contributed by atoms with Crippen molar-refractivity contribution in [2.24, 2.45) is 5.41 Å². The van der Waals surface area contributed by atoms with E-state index in [1.165, 1.54) is 4.90 Å². The number of rotatable bonds is 4. The summed E-state index contributed by atoms with van der Waals surface area (Å²) in [4.78, 5) is 41.5. The minimum absolute atomic E-state index is 0.166. The lowest BCUT2D eigenvalue weighted by Gasteiger charge is -2.29. The van der Waals surface area contributed by atoms with Crippen molar-refractivity contribution in [3.8, 4) is 0 Å². The molecule has 1 spiro atoms. The van der Waals surface area contributed by atoms with Gasteiger partial charge in [0, 0.05) is 30.9 Å². The predicted molar refractivity (Wildman–Crippen MR) is 105 cm³/mol. The van der Waals surface area contributed by atoms with Crippen LogP contribution in [-0.2, 0) is 19.1 Å². The molecule has 1 N–H and O–H groups in total. The number of nitrogens with one attached hydrogen (secondary N) is 1. The van der Waals surface area contributed by atoms with Crippen molar-refractivity contribution < 1.29 is 19.1 Å². The number of hydrogen-bond acceptors (Lipinski definition) is 5. The Bertz CT molecular complexity index is 764. The molecule has 1 aromatic carbocycles. The van der Waals surface area contributed by atoms with Gasteiger partial charge < -0.3 is 15.0 Å². The Kier molecular flexibility index (Phi) is 5.10. The van der Waals surface area contributed by atoms with Gasteiger partial charge in [-0.3, -0.25) is 19.3 Å². The molecule has 150 valence electrons. The molecule has 1 atom stereocenters.